The number of nitrogens with zero attached hydrogens (tertiary/aromatic N) is 2. The van der Waals surface area contributed by atoms with E-state index >= 15 is 0 Å². The molecule has 4 heteroatoms. The number of carbonyl (C=O) groups is 1. The van der Waals surface area contributed by atoms with Crippen molar-refractivity contribution in [2.45, 2.75) is 65.8 Å². The topological polar surface area (TPSA) is 37.3 Å². The fourth-order valence-corrected chi connectivity index (χ4v) is 4.23. The maximum Gasteiger partial charge on any atom is 0.253 e. The molecule has 136 valence electrons. The van der Waals surface area contributed by atoms with E-state index in [0.29, 0.717) is 12.6 Å². The third-order valence-electron chi connectivity index (χ3n) is 5.14. The number of aryl methyl sites for hydroxylation is 1. The Balaban J connectivity index is 2.07. The summed E-state index contributed by atoms with van der Waals surface area (Å²) in [6, 6.07) is 2.64. The minimum absolute atomic E-state index is 0.0635. The van der Waals surface area contributed by atoms with Crippen molar-refractivity contribution in [3.8, 4) is 0 Å². The molecule has 1 N–H and O–H groups in total. The Labute approximate surface area is 147 Å². The highest BCUT2D eigenvalue weighted by Gasteiger charge is 2.24. The molecule has 1 saturated carbocycles. The largest absolute Gasteiger partial charge is 0.351 e. The Morgan fingerprint density at radius 2 is 1.88 bits per heavy atom. The maximum atomic E-state index is 12.7. The highest BCUT2D eigenvalue weighted by Crippen LogP contribution is 2.32. The van der Waals surface area contributed by atoms with Gasteiger partial charge in [0.1, 0.15) is 0 Å². The van der Waals surface area contributed by atoms with Gasteiger partial charge in [-0.3, -0.25) is 4.79 Å². The van der Waals surface area contributed by atoms with Crippen LogP contribution in [0.15, 0.2) is 6.07 Å². The minimum Gasteiger partial charge on any atom is -0.351 e. The molecule has 2 rings (SSSR count). The van der Waals surface area contributed by atoms with Gasteiger partial charge in [-0.2, -0.15) is 0 Å². The average molecular weight is 334 g/mol. The molecule has 1 aromatic rings. The molecule has 0 aliphatic heterocycles. The number of hydrogen-bond donors (Lipinski definition) is 1. The summed E-state index contributed by atoms with van der Waals surface area (Å²) in [7, 11) is 4.14. The van der Waals surface area contributed by atoms with Crippen molar-refractivity contribution in [2.24, 2.45) is 5.41 Å². The quantitative estimate of drug-likeness (QED) is 0.856. The van der Waals surface area contributed by atoms with Crippen molar-refractivity contribution in [3.05, 3.63) is 23.0 Å². The highest BCUT2D eigenvalue weighted by atomic mass is 16.1. The van der Waals surface area contributed by atoms with E-state index in [4.69, 9.17) is 0 Å². The van der Waals surface area contributed by atoms with Gasteiger partial charge < -0.3 is 14.8 Å². The van der Waals surface area contributed by atoms with Crippen molar-refractivity contribution in [2.75, 3.05) is 27.2 Å². The number of carbonyl (C=O) groups excluding carboxylic acids is 1. The summed E-state index contributed by atoms with van der Waals surface area (Å²) in [5.41, 5.74) is 3.26. The first-order valence-electron chi connectivity index (χ1n) is 9.32. The summed E-state index contributed by atoms with van der Waals surface area (Å²) in [5, 5.41) is 3.15. The van der Waals surface area contributed by atoms with Crippen LogP contribution in [0.25, 0.3) is 0 Å². The number of hydrogen-bond acceptors (Lipinski definition) is 2. The summed E-state index contributed by atoms with van der Waals surface area (Å²) in [6.07, 6.45) is 6.45. The van der Waals surface area contributed by atoms with Gasteiger partial charge in [-0.1, -0.05) is 33.1 Å². The number of nitrogens with one attached hydrogen (secondary N) is 1. The fraction of sp³-hybridized carbons (Fsp3) is 0.750. The van der Waals surface area contributed by atoms with Crippen LogP contribution in [0.1, 0.15) is 73.7 Å². The first-order chi connectivity index (χ1) is 11.2. The number of amides is 1. The zero-order valence-electron chi connectivity index (χ0n) is 16.4. The van der Waals surface area contributed by atoms with E-state index in [1.54, 1.807) is 0 Å². The second-order valence-corrected chi connectivity index (χ2v) is 8.53. The molecule has 4 nitrogen and oxygen atoms in total. The molecule has 1 aliphatic carbocycles. The minimum atomic E-state index is 0.0635. The predicted octanol–water partition coefficient (Wildman–Crippen LogP) is 3.93. The lowest BCUT2D eigenvalue weighted by Gasteiger charge is -2.28. The predicted molar refractivity (Wildman–Crippen MR) is 101 cm³/mol. The lowest BCUT2D eigenvalue weighted by molar-refractivity contribution is 0.0928. The molecule has 1 aromatic heterocycles. The monoisotopic (exact) mass is 333 g/mol. The van der Waals surface area contributed by atoms with Crippen molar-refractivity contribution in [3.63, 3.8) is 0 Å². The molecule has 24 heavy (non-hydrogen) atoms. The van der Waals surface area contributed by atoms with Crippen LogP contribution in [0.2, 0.25) is 0 Å². The third kappa shape index (κ3) is 4.62. The van der Waals surface area contributed by atoms with E-state index in [1.807, 2.05) is 0 Å². The van der Waals surface area contributed by atoms with Gasteiger partial charge in [-0.05, 0) is 52.3 Å². The van der Waals surface area contributed by atoms with Gasteiger partial charge in [-0.25, -0.2) is 0 Å². The summed E-state index contributed by atoms with van der Waals surface area (Å²) in [5.74, 6) is 0.0667. The molecule has 0 unspecified atom stereocenters. The van der Waals surface area contributed by atoms with Crippen LogP contribution in [0.4, 0.5) is 0 Å². The van der Waals surface area contributed by atoms with Crippen molar-refractivity contribution in [1.82, 2.24) is 14.8 Å². The smallest absolute Gasteiger partial charge is 0.253 e. The first kappa shape index (κ1) is 19.0. The normalized spacial score (nSPS) is 16.6. The third-order valence-corrected chi connectivity index (χ3v) is 5.14. The van der Waals surface area contributed by atoms with Crippen LogP contribution in [0.5, 0.6) is 0 Å². The molecule has 0 atom stereocenters. The zero-order chi connectivity index (χ0) is 17.9. The summed E-state index contributed by atoms with van der Waals surface area (Å²) >= 11 is 0. The van der Waals surface area contributed by atoms with Gasteiger partial charge in [-0.15, -0.1) is 0 Å². The van der Waals surface area contributed by atoms with E-state index in [0.717, 1.165) is 17.8 Å². The molecule has 0 radical (unpaired) electrons. The lowest BCUT2D eigenvalue weighted by atomic mass is 9.93. The van der Waals surface area contributed by atoms with Crippen LogP contribution >= 0.6 is 0 Å². The molecule has 0 bridgehead atoms. The summed E-state index contributed by atoms with van der Waals surface area (Å²) in [4.78, 5) is 14.9. The Morgan fingerprint density at radius 1 is 1.25 bits per heavy atom. The van der Waals surface area contributed by atoms with E-state index in [9.17, 15) is 4.79 Å². The van der Waals surface area contributed by atoms with Crippen LogP contribution < -0.4 is 5.32 Å². The lowest BCUT2D eigenvalue weighted by Crippen LogP contribution is -2.40. The van der Waals surface area contributed by atoms with Crippen LogP contribution in [0, 0.1) is 19.3 Å². The maximum absolute atomic E-state index is 12.7. The SMILES string of the molecule is Cc1cc(C(=O)NCC(C)(C)CN(C)C)c(C)n1C1CCCCC1. The Kier molecular flexibility index (Phi) is 6.13. The van der Waals surface area contributed by atoms with Crippen molar-refractivity contribution < 1.29 is 4.79 Å². The molecule has 1 amide bonds. The van der Waals surface area contributed by atoms with Gasteiger partial charge in [0.25, 0.3) is 5.91 Å². The van der Waals surface area contributed by atoms with Crippen molar-refractivity contribution >= 4 is 5.91 Å². The molecular weight excluding hydrogens is 298 g/mol. The Hall–Kier alpha value is -1.29. The molecular formula is C20H35N3O. The Morgan fingerprint density at radius 3 is 2.46 bits per heavy atom. The van der Waals surface area contributed by atoms with Gasteiger partial charge in [0.05, 0.1) is 5.56 Å². The van der Waals surface area contributed by atoms with Crippen LogP contribution in [-0.4, -0.2) is 42.6 Å². The number of rotatable bonds is 6. The molecule has 0 aromatic carbocycles. The van der Waals surface area contributed by atoms with Crippen LogP contribution in [0.3, 0.4) is 0 Å². The highest BCUT2D eigenvalue weighted by molar-refractivity contribution is 5.95. The summed E-state index contributed by atoms with van der Waals surface area (Å²) in [6.45, 7) is 10.3. The fourth-order valence-electron chi connectivity index (χ4n) is 4.23. The van der Waals surface area contributed by atoms with Crippen LogP contribution in [-0.2, 0) is 0 Å². The van der Waals surface area contributed by atoms with Crippen molar-refractivity contribution in [1.29, 1.82) is 0 Å². The standard InChI is InChI=1S/C20H35N3O/c1-15-12-18(16(2)23(15)17-10-8-7-9-11-17)19(24)21-13-20(3,4)14-22(5)6/h12,17H,7-11,13-14H2,1-6H3,(H,21,24). The average Bonchev–Trinajstić information content (AvgIpc) is 2.79. The van der Waals surface area contributed by atoms with E-state index in [1.165, 1.54) is 37.8 Å². The van der Waals surface area contributed by atoms with Gasteiger partial charge in [0, 0.05) is 30.5 Å². The molecule has 1 heterocycles. The van der Waals surface area contributed by atoms with E-state index in [-0.39, 0.29) is 11.3 Å². The van der Waals surface area contributed by atoms with E-state index in [2.05, 4.69) is 62.6 Å². The zero-order valence-corrected chi connectivity index (χ0v) is 16.4. The molecule has 1 fully saturated rings. The molecule has 1 aliphatic rings. The van der Waals surface area contributed by atoms with Gasteiger partial charge in [0.2, 0.25) is 0 Å². The molecule has 0 saturated heterocycles. The van der Waals surface area contributed by atoms with Gasteiger partial charge >= 0.3 is 0 Å². The second-order valence-electron chi connectivity index (χ2n) is 8.53. The van der Waals surface area contributed by atoms with E-state index < -0.39 is 0 Å². The first-order valence-corrected chi connectivity index (χ1v) is 9.32. The summed E-state index contributed by atoms with van der Waals surface area (Å²) < 4.78 is 2.40. The Bertz CT molecular complexity index is 566. The second kappa shape index (κ2) is 7.73. The molecule has 0 spiro atoms. The number of aromatic nitrogens is 1. The van der Waals surface area contributed by atoms with Gasteiger partial charge in [0.15, 0.2) is 0 Å².